The molecule has 2 fully saturated rings. The minimum Gasteiger partial charge on any atom is -0.339 e. The van der Waals surface area contributed by atoms with Crippen molar-refractivity contribution in [3.63, 3.8) is 0 Å². The Bertz CT molecular complexity index is 576. The first-order chi connectivity index (χ1) is 12.1. The van der Waals surface area contributed by atoms with E-state index in [4.69, 9.17) is 5.73 Å². The van der Waals surface area contributed by atoms with Crippen molar-refractivity contribution in [2.45, 2.75) is 44.6 Å². The van der Waals surface area contributed by atoms with E-state index in [1.807, 2.05) is 40.1 Å². The highest BCUT2D eigenvalue weighted by Crippen LogP contribution is 2.26. The van der Waals surface area contributed by atoms with E-state index in [1.165, 1.54) is 19.3 Å². The second kappa shape index (κ2) is 8.48. The molecule has 1 aliphatic carbocycles. The van der Waals surface area contributed by atoms with Gasteiger partial charge in [0.1, 0.15) is 0 Å². The first kappa shape index (κ1) is 17.9. The minimum absolute atomic E-state index is 0.0844. The van der Waals surface area contributed by atoms with Crippen LogP contribution in [0, 0.1) is 5.92 Å². The van der Waals surface area contributed by atoms with E-state index in [0.717, 1.165) is 18.4 Å². The molecule has 1 atom stereocenters. The fraction of sp³-hybridized carbons (Fsp3) is 0.600. The molecule has 2 aliphatic rings. The van der Waals surface area contributed by atoms with E-state index < -0.39 is 0 Å². The highest BCUT2D eigenvalue weighted by Gasteiger charge is 2.30. The molecule has 2 N–H and O–H groups in total. The SMILES string of the molecule is NC(CC(=O)N1CCN(C(=O)C2CCCCC2)CC1)c1ccccc1. The molecule has 1 aromatic carbocycles. The van der Waals surface area contributed by atoms with Gasteiger partial charge in [-0.1, -0.05) is 49.6 Å². The molecule has 1 unspecified atom stereocenters. The fourth-order valence-corrected chi connectivity index (χ4v) is 3.92. The minimum atomic E-state index is -0.268. The Morgan fingerprint density at radius 1 is 0.960 bits per heavy atom. The number of piperazine rings is 1. The summed E-state index contributed by atoms with van der Waals surface area (Å²) in [6.07, 6.45) is 5.99. The van der Waals surface area contributed by atoms with E-state index in [-0.39, 0.29) is 17.9 Å². The van der Waals surface area contributed by atoms with Crippen LogP contribution in [0.1, 0.15) is 50.1 Å². The average Bonchev–Trinajstić information content (AvgIpc) is 2.69. The Morgan fingerprint density at radius 3 is 2.20 bits per heavy atom. The van der Waals surface area contributed by atoms with Crippen molar-refractivity contribution in [2.75, 3.05) is 26.2 Å². The average molecular weight is 343 g/mol. The van der Waals surface area contributed by atoms with Crippen molar-refractivity contribution in [1.82, 2.24) is 9.80 Å². The van der Waals surface area contributed by atoms with Crippen LogP contribution < -0.4 is 5.73 Å². The summed E-state index contributed by atoms with van der Waals surface area (Å²) in [6.45, 7) is 2.56. The van der Waals surface area contributed by atoms with Crippen molar-refractivity contribution in [3.05, 3.63) is 35.9 Å². The van der Waals surface area contributed by atoms with Crippen LogP contribution in [0.25, 0.3) is 0 Å². The molecule has 3 rings (SSSR count). The highest BCUT2D eigenvalue weighted by molar-refractivity contribution is 5.80. The zero-order chi connectivity index (χ0) is 17.6. The van der Waals surface area contributed by atoms with E-state index in [0.29, 0.717) is 38.5 Å². The Kier molecular flexibility index (Phi) is 6.08. The van der Waals surface area contributed by atoms with E-state index in [9.17, 15) is 9.59 Å². The predicted octanol–water partition coefficient (Wildman–Crippen LogP) is 2.33. The van der Waals surface area contributed by atoms with Gasteiger partial charge in [0.05, 0.1) is 0 Å². The fourth-order valence-electron chi connectivity index (χ4n) is 3.92. The summed E-state index contributed by atoms with van der Waals surface area (Å²) in [5, 5.41) is 0. The van der Waals surface area contributed by atoms with Gasteiger partial charge in [-0.15, -0.1) is 0 Å². The molecule has 25 heavy (non-hydrogen) atoms. The summed E-state index contributed by atoms with van der Waals surface area (Å²) >= 11 is 0. The van der Waals surface area contributed by atoms with Crippen molar-refractivity contribution in [1.29, 1.82) is 0 Å². The normalized spacial score (nSPS) is 20.4. The second-order valence-corrected chi connectivity index (χ2v) is 7.26. The van der Waals surface area contributed by atoms with Crippen molar-refractivity contribution >= 4 is 11.8 Å². The molecule has 2 amide bonds. The first-order valence-corrected chi connectivity index (χ1v) is 9.52. The lowest BCUT2D eigenvalue weighted by Gasteiger charge is -2.37. The molecule has 0 spiro atoms. The monoisotopic (exact) mass is 343 g/mol. The molecule has 136 valence electrons. The third-order valence-electron chi connectivity index (χ3n) is 5.52. The van der Waals surface area contributed by atoms with Crippen molar-refractivity contribution < 1.29 is 9.59 Å². The van der Waals surface area contributed by atoms with E-state index in [1.54, 1.807) is 0 Å². The third kappa shape index (κ3) is 4.60. The van der Waals surface area contributed by atoms with Gasteiger partial charge < -0.3 is 15.5 Å². The summed E-state index contributed by atoms with van der Waals surface area (Å²) in [5.41, 5.74) is 7.15. The topological polar surface area (TPSA) is 66.6 Å². The van der Waals surface area contributed by atoms with Gasteiger partial charge in [-0.25, -0.2) is 0 Å². The van der Waals surface area contributed by atoms with Crippen LogP contribution in [-0.2, 0) is 9.59 Å². The Balaban J connectivity index is 1.46. The summed E-state index contributed by atoms with van der Waals surface area (Å²) in [6, 6.07) is 9.47. The molecule has 1 heterocycles. The number of carbonyl (C=O) groups excluding carboxylic acids is 2. The molecule has 5 heteroatoms. The van der Waals surface area contributed by atoms with Gasteiger partial charge in [-0.2, -0.15) is 0 Å². The Hall–Kier alpha value is -1.88. The summed E-state index contributed by atoms with van der Waals surface area (Å²) in [7, 11) is 0. The zero-order valence-corrected chi connectivity index (χ0v) is 14.9. The maximum Gasteiger partial charge on any atom is 0.225 e. The number of nitrogens with two attached hydrogens (primary N) is 1. The van der Waals surface area contributed by atoms with E-state index >= 15 is 0 Å². The number of carbonyl (C=O) groups is 2. The predicted molar refractivity (Wildman–Crippen MR) is 97.7 cm³/mol. The Morgan fingerprint density at radius 2 is 1.56 bits per heavy atom. The van der Waals surface area contributed by atoms with Crippen molar-refractivity contribution in [2.24, 2.45) is 11.7 Å². The van der Waals surface area contributed by atoms with Gasteiger partial charge in [-0.3, -0.25) is 9.59 Å². The van der Waals surface area contributed by atoms with Crippen LogP contribution in [0.2, 0.25) is 0 Å². The van der Waals surface area contributed by atoms with Gasteiger partial charge in [0.2, 0.25) is 11.8 Å². The van der Waals surface area contributed by atoms with Gasteiger partial charge in [0.15, 0.2) is 0 Å². The lowest BCUT2D eigenvalue weighted by Crippen LogP contribution is -2.52. The molecule has 5 nitrogen and oxygen atoms in total. The van der Waals surface area contributed by atoms with Gasteiger partial charge >= 0.3 is 0 Å². The smallest absolute Gasteiger partial charge is 0.225 e. The summed E-state index contributed by atoms with van der Waals surface area (Å²) in [4.78, 5) is 28.9. The molecular formula is C20H29N3O2. The third-order valence-corrected chi connectivity index (χ3v) is 5.52. The van der Waals surface area contributed by atoms with Crippen LogP contribution in [0.15, 0.2) is 30.3 Å². The van der Waals surface area contributed by atoms with E-state index in [2.05, 4.69) is 0 Å². The largest absolute Gasteiger partial charge is 0.339 e. The highest BCUT2D eigenvalue weighted by atomic mass is 16.2. The molecule has 1 saturated carbocycles. The molecule has 0 aromatic heterocycles. The standard InChI is InChI=1S/C20H29N3O2/c21-18(16-7-3-1-4-8-16)15-19(24)22-11-13-23(14-12-22)20(25)17-9-5-2-6-10-17/h1,3-4,7-8,17-18H,2,5-6,9-15,21H2. The summed E-state index contributed by atoms with van der Waals surface area (Å²) < 4.78 is 0. The number of hydrogen-bond donors (Lipinski definition) is 1. The number of rotatable bonds is 4. The molecule has 1 aliphatic heterocycles. The molecular weight excluding hydrogens is 314 g/mol. The maximum absolute atomic E-state index is 12.6. The number of amides is 2. The van der Waals surface area contributed by atoms with Gasteiger partial charge in [0.25, 0.3) is 0 Å². The molecule has 1 aromatic rings. The quantitative estimate of drug-likeness (QED) is 0.912. The van der Waals surface area contributed by atoms with Crippen LogP contribution in [0.4, 0.5) is 0 Å². The second-order valence-electron chi connectivity index (χ2n) is 7.26. The van der Waals surface area contributed by atoms with Gasteiger partial charge in [0, 0.05) is 44.6 Å². The van der Waals surface area contributed by atoms with Crippen molar-refractivity contribution in [3.8, 4) is 0 Å². The molecule has 1 saturated heterocycles. The molecule has 0 bridgehead atoms. The van der Waals surface area contributed by atoms with Gasteiger partial charge in [-0.05, 0) is 18.4 Å². The van der Waals surface area contributed by atoms with Crippen LogP contribution in [0.5, 0.6) is 0 Å². The molecule has 0 radical (unpaired) electrons. The number of nitrogens with zero attached hydrogens (tertiary/aromatic N) is 2. The Labute approximate surface area is 150 Å². The lowest BCUT2D eigenvalue weighted by molar-refractivity contribution is -0.143. The van der Waals surface area contributed by atoms with Crippen LogP contribution >= 0.6 is 0 Å². The number of hydrogen-bond acceptors (Lipinski definition) is 3. The summed E-state index contributed by atoms with van der Waals surface area (Å²) in [5.74, 6) is 0.594. The van der Waals surface area contributed by atoms with Crippen LogP contribution in [-0.4, -0.2) is 47.8 Å². The van der Waals surface area contributed by atoms with Crippen LogP contribution in [0.3, 0.4) is 0 Å². The zero-order valence-electron chi connectivity index (χ0n) is 14.9. The maximum atomic E-state index is 12.6. The first-order valence-electron chi connectivity index (χ1n) is 9.52. The lowest BCUT2D eigenvalue weighted by atomic mass is 9.88. The number of benzene rings is 1.